The molecule has 1 rings (SSSR count). The van der Waals surface area contributed by atoms with Gasteiger partial charge in [0.2, 0.25) is 5.82 Å². The fourth-order valence-corrected chi connectivity index (χ4v) is 1.55. The first-order chi connectivity index (χ1) is 8.12. The summed E-state index contributed by atoms with van der Waals surface area (Å²) in [7, 11) is 0. The molecule has 0 aliphatic carbocycles. The Hall–Kier alpha value is -1.39. The van der Waals surface area contributed by atoms with Crippen LogP contribution in [0.1, 0.15) is 50.6 Å². The summed E-state index contributed by atoms with van der Waals surface area (Å²) in [5.74, 6) is 1.46. The molecule has 0 bridgehead atoms. The molecule has 96 valence electrons. The molecule has 1 unspecified atom stereocenters. The van der Waals surface area contributed by atoms with Gasteiger partial charge in [-0.05, 0) is 12.8 Å². The minimum Gasteiger partial charge on any atom is -0.336 e. The van der Waals surface area contributed by atoms with Crippen molar-refractivity contribution in [2.24, 2.45) is 5.92 Å². The highest BCUT2D eigenvalue weighted by Crippen LogP contribution is 2.07. The molecular formula is C12H22N4O. The third-order valence-electron chi connectivity index (χ3n) is 2.96. The number of amides is 1. The van der Waals surface area contributed by atoms with Crippen LogP contribution in [-0.2, 0) is 6.42 Å². The summed E-state index contributed by atoms with van der Waals surface area (Å²) in [6.07, 6.45) is 1.83. The van der Waals surface area contributed by atoms with Crippen molar-refractivity contribution >= 4 is 5.91 Å². The van der Waals surface area contributed by atoms with Gasteiger partial charge in [0.05, 0.1) is 0 Å². The van der Waals surface area contributed by atoms with Crippen molar-refractivity contribution in [2.45, 2.75) is 40.5 Å². The van der Waals surface area contributed by atoms with E-state index in [0.717, 1.165) is 25.2 Å². The largest absolute Gasteiger partial charge is 0.336 e. The van der Waals surface area contributed by atoms with Gasteiger partial charge in [0, 0.05) is 19.5 Å². The molecule has 1 amide bonds. The van der Waals surface area contributed by atoms with Crippen LogP contribution in [0.2, 0.25) is 0 Å². The quantitative estimate of drug-likeness (QED) is 0.823. The molecular weight excluding hydrogens is 216 g/mol. The molecule has 5 heteroatoms. The Balaban J connectivity index is 2.71. The van der Waals surface area contributed by atoms with Crippen LogP contribution in [0, 0.1) is 5.92 Å². The van der Waals surface area contributed by atoms with E-state index in [1.165, 1.54) is 0 Å². The molecule has 0 spiro atoms. The van der Waals surface area contributed by atoms with Crippen molar-refractivity contribution in [3.8, 4) is 0 Å². The number of aromatic nitrogens is 3. The average molecular weight is 238 g/mol. The molecule has 1 N–H and O–H groups in total. The standard InChI is InChI=1S/C12H22N4O/c1-5-9(4)8-16(7-3)12(17)11-13-10(6-2)14-15-11/h9H,5-8H2,1-4H3,(H,13,14,15). The molecule has 1 heterocycles. The Morgan fingerprint density at radius 3 is 2.59 bits per heavy atom. The molecule has 0 fully saturated rings. The molecule has 5 nitrogen and oxygen atoms in total. The van der Waals surface area contributed by atoms with Crippen molar-refractivity contribution in [1.82, 2.24) is 20.1 Å². The van der Waals surface area contributed by atoms with Crippen molar-refractivity contribution in [1.29, 1.82) is 0 Å². The number of hydrogen-bond acceptors (Lipinski definition) is 3. The molecule has 0 radical (unpaired) electrons. The van der Waals surface area contributed by atoms with Crippen molar-refractivity contribution in [3.05, 3.63) is 11.6 Å². The zero-order valence-electron chi connectivity index (χ0n) is 11.2. The Morgan fingerprint density at radius 2 is 2.12 bits per heavy atom. The van der Waals surface area contributed by atoms with Gasteiger partial charge >= 0.3 is 0 Å². The van der Waals surface area contributed by atoms with Crippen molar-refractivity contribution < 1.29 is 4.79 Å². The molecule has 1 aromatic rings. The number of carbonyl (C=O) groups excluding carboxylic acids is 1. The van der Waals surface area contributed by atoms with Gasteiger partial charge in [-0.25, -0.2) is 4.98 Å². The SMILES string of the molecule is CCc1nc(C(=O)N(CC)CC(C)CC)n[nH]1. The smallest absolute Gasteiger partial charge is 0.293 e. The maximum Gasteiger partial charge on any atom is 0.293 e. The van der Waals surface area contributed by atoms with E-state index in [1.54, 1.807) is 4.90 Å². The lowest BCUT2D eigenvalue weighted by Gasteiger charge is -2.22. The summed E-state index contributed by atoms with van der Waals surface area (Å²) in [5.41, 5.74) is 0. The molecule has 17 heavy (non-hydrogen) atoms. The third kappa shape index (κ3) is 3.54. The molecule has 0 aliphatic rings. The lowest BCUT2D eigenvalue weighted by atomic mass is 10.1. The first kappa shape index (κ1) is 13.7. The lowest BCUT2D eigenvalue weighted by molar-refractivity contribution is 0.0729. The predicted molar refractivity (Wildman–Crippen MR) is 66.8 cm³/mol. The van der Waals surface area contributed by atoms with Gasteiger partial charge in [0.25, 0.3) is 5.91 Å². The molecule has 0 aromatic carbocycles. The van der Waals surface area contributed by atoms with Gasteiger partial charge in [-0.2, -0.15) is 0 Å². The molecule has 0 saturated carbocycles. The van der Waals surface area contributed by atoms with Crippen LogP contribution in [0.25, 0.3) is 0 Å². The highest BCUT2D eigenvalue weighted by Gasteiger charge is 2.19. The van der Waals surface area contributed by atoms with Crippen molar-refractivity contribution in [2.75, 3.05) is 13.1 Å². The van der Waals surface area contributed by atoms with Crippen molar-refractivity contribution in [3.63, 3.8) is 0 Å². The average Bonchev–Trinajstić information content (AvgIpc) is 2.83. The van der Waals surface area contributed by atoms with Crippen LogP contribution in [0.5, 0.6) is 0 Å². The first-order valence-corrected chi connectivity index (χ1v) is 6.32. The maximum absolute atomic E-state index is 12.1. The van der Waals surface area contributed by atoms with Crippen LogP contribution < -0.4 is 0 Å². The van der Waals surface area contributed by atoms with Gasteiger partial charge in [-0.3, -0.25) is 9.89 Å². The second kappa shape index (κ2) is 6.37. The van der Waals surface area contributed by atoms with Gasteiger partial charge in [0.15, 0.2) is 0 Å². The zero-order valence-corrected chi connectivity index (χ0v) is 11.2. The highest BCUT2D eigenvalue weighted by atomic mass is 16.2. The van der Waals surface area contributed by atoms with E-state index < -0.39 is 0 Å². The van der Waals surface area contributed by atoms with E-state index in [4.69, 9.17) is 0 Å². The topological polar surface area (TPSA) is 61.9 Å². The monoisotopic (exact) mass is 238 g/mol. The number of aromatic amines is 1. The number of carbonyl (C=O) groups is 1. The number of aryl methyl sites for hydroxylation is 1. The van der Waals surface area contributed by atoms with Crippen LogP contribution in [0.15, 0.2) is 0 Å². The fourth-order valence-electron chi connectivity index (χ4n) is 1.55. The summed E-state index contributed by atoms with van der Waals surface area (Å²) >= 11 is 0. The fraction of sp³-hybridized carbons (Fsp3) is 0.750. The van der Waals surface area contributed by atoms with Gasteiger partial charge in [-0.15, -0.1) is 5.10 Å². The number of nitrogens with zero attached hydrogens (tertiary/aromatic N) is 3. The molecule has 0 aliphatic heterocycles. The summed E-state index contributed by atoms with van der Waals surface area (Å²) in [5, 5.41) is 6.74. The van der Waals surface area contributed by atoms with Gasteiger partial charge < -0.3 is 4.90 Å². The second-order valence-electron chi connectivity index (χ2n) is 4.32. The maximum atomic E-state index is 12.1. The van der Waals surface area contributed by atoms with E-state index in [1.807, 2.05) is 13.8 Å². The number of hydrogen-bond donors (Lipinski definition) is 1. The number of H-pyrrole nitrogens is 1. The Morgan fingerprint density at radius 1 is 1.41 bits per heavy atom. The van der Waals surface area contributed by atoms with E-state index in [-0.39, 0.29) is 11.7 Å². The number of nitrogens with one attached hydrogen (secondary N) is 1. The lowest BCUT2D eigenvalue weighted by Crippen LogP contribution is -2.35. The van der Waals surface area contributed by atoms with E-state index in [9.17, 15) is 4.79 Å². The van der Waals surface area contributed by atoms with Crippen LogP contribution in [-0.4, -0.2) is 39.1 Å². The molecule has 1 aromatic heterocycles. The molecule has 1 atom stereocenters. The minimum atomic E-state index is -0.0799. The van der Waals surface area contributed by atoms with Gasteiger partial charge in [-0.1, -0.05) is 27.2 Å². The van der Waals surface area contributed by atoms with Gasteiger partial charge in [0.1, 0.15) is 5.82 Å². The number of rotatable bonds is 6. The summed E-state index contributed by atoms with van der Waals surface area (Å²) < 4.78 is 0. The van der Waals surface area contributed by atoms with Crippen LogP contribution >= 0.6 is 0 Å². The summed E-state index contributed by atoms with van der Waals surface area (Å²) in [6, 6.07) is 0. The summed E-state index contributed by atoms with van der Waals surface area (Å²) in [4.78, 5) is 18.1. The van der Waals surface area contributed by atoms with E-state index >= 15 is 0 Å². The normalized spacial score (nSPS) is 12.5. The van der Waals surface area contributed by atoms with Crippen LogP contribution in [0.3, 0.4) is 0 Å². The van der Waals surface area contributed by atoms with E-state index in [2.05, 4.69) is 29.0 Å². The zero-order chi connectivity index (χ0) is 12.8. The first-order valence-electron chi connectivity index (χ1n) is 6.32. The van der Waals surface area contributed by atoms with E-state index in [0.29, 0.717) is 12.5 Å². The third-order valence-corrected chi connectivity index (χ3v) is 2.96. The Kier molecular flexibility index (Phi) is 5.12. The van der Waals surface area contributed by atoms with Crippen LogP contribution in [0.4, 0.5) is 0 Å². The Labute approximate surface area is 103 Å². The molecule has 0 saturated heterocycles. The predicted octanol–water partition coefficient (Wildman–Crippen LogP) is 1.88. The Bertz CT molecular complexity index is 361. The highest BCUT2D eigenvalue weighted by molar-refractivity contribution is 5.90. The minimum absolute atomic E-state index is 0.0799. The second-order valence-corrected chi connectivity index (χ2v) is 4.32. The summed E-state index contributed by atoms with van der Waals surface area (Å²) in [6.45, 7) is 9.69.